The molecule has 1 spiro atoms. The lowest BCUT2D eigenvalue weighted by atomic mass is 9.66. The molecule has 0 bridgehead atoms. The highest BCUT2D eigenvalue weighted by atomic mass is 32.2. The van der Waals surface area contributed by atoms with E-state index in [1.807, 2.05) is 39.2 Å². The summed E-state index contributed by atoms with van der Waals surface area (Å²) in [6.45, 7) is 7.01. The average molecular weight is 556 g/mol. The van der Waals surface area contributed by atoms with Crippen LogP contribution in [0.2, 0.25) is 0 Å². The molecule has 1 aliphatic heterocycles. The molecule has 0 saturated heterocycles. The van der Waals surface area contributed by atoms with Gasteiger partial charge in [-0.05, 0) is 94.4 Å². The van der Waals surface area contributed by atoms with Crippen LogP contribution < -0.4 is 9.62 Å². The van der Waals surface area contributed by atoms with Crippen molar-refractivity contribution in [3.05, 3.63) is 71.3 Å². The lowest BCUT2D eigenvalue weighted by Crippen LogP contribution is -2.46. The molecule has 3 aliphatic rings. The molecule has 3 aromatic heterocycles. The van der Waals surface area contributed by atoms with Crippen molar-refractivity contribution in [1.29, 1.82) is 0 Å². The van der Waals surface area contributed by atoms with Crippen LogP contribution in [0.25, 0.3) is 11.2 Å². The van der Waals surface area contributed by atoms with Gasteiger partial charge in [-0.1, -0.05) is 24.3 Å². The Morgan fingerprint density at radius 1 is 1.10 bits per heavy atom. The third kappa shape index (κ3) is 4.39. The first kappa shape index (κ1) is 25.9. The van der Waals surface area contributed by atoms with Crippen LogP contribution in [0.3, 0.4) is 0 Å². The minimum Gasteiger partial charge on any atom is -0.598 e. The number of benzene rings is 1. The van der Waals surface area contributed by atoms with E-state index in [1.54, 1.807) is 0 Å². The standard InChI is InChI=1S/C31H37N7OS/c1-30(2,3)40(39)37-27-22-9-5-4-8-21(22)18-31(27)14-12-20(13-15-31)24-19-33-26-28(34-24)35-36-29(26)38-17-7-10-23-25(38)11-6-16-32-23/h4-6,8-9,11,16,19-20,27,37H,7,10,12-15,17-18H2,1-3H3,(H,34,35,36)/t20-,27?,31-,40-/m1/s1. The summed E-state index contributed by atoms with van der Waals surface area (Å²) < 4.78 is 16.5. The van der Waals surface area contributed by atoms with Crippen LogP contribution in [0.1, 0.15) is 87.3 Å². The van der Waals surface area contributed by atoms with Gasteiger partial charge in [-0.3, -0.25) is 10.1 Å². The van der Waals surface area contributed by atoms with Crippen molar-refractivity contribution in [3.8, 4) is 0 Å². The predicted octanol–water partition coefficient (Wildman–Crippen LogP) is 5.83. The van der Waals surface area contributed by atoms with Gasteiger partial charge in [0.2, 0.25) is 0 Å². The summed E-state index contributed by atoms with van der Waals surface area (Å²) >= 11 is -1.13. The topological polar surface area (TPSA) is 106 Å². The maximum Gasteiger partial charge on any atom is 0.183 e. The summed E-state index contributed by atoms with van der Waals surface area (Å²) in [4.78, 5) is 16.7. The Hall–Kier alpha value is -3.01. The first-order valence-corrected chi connectivity index (χ1v) is 15.7. The summed E-state index contributed by atoms with van der Waals surface area (Å²) in [6, 6.07) is 12.9. The minimum absolute atomic E-state index is 0.0788. The molecular weight excluding hydrogens is 518 g/mol. The van der Waals surface area contributed by atoms with Gasteiger partial charge in [0.25, 0.3) is 0 Å². The molecule has 0 amide bonds. The second-order valence-corrected chi connectivity index (χ2v) is 14.7. The number of aromatic nitrogens is 5. The van der Waals surface area contributed by atoms with Crippen molar-refractivity contribution >= 4 is 34.0 Å². The molecule has 0 radical (unpaired) electrons. The van der Waals surface area contributed by atoms with E-state index >= 15 is 0 Å². The number of fused-ring (bicyclic) bond motifs is 3. The molecule has 4 heterocycles. The molecule has 1 fully saturated rings. The van der Waals surface area contributed by atoms with Gasteiger partial charge in [-0.15, -0.1) is 4.72 Å². The van der Waals surface area contributed by atoms with Crippen LogP contribution in [0, 0.1) is 5.41 Å². The zero-order valence-electron chi connectivity index (χ0n) is 23.5. The second kappa shape index (κ2) is 9.82. The Balaban J connectivity index is 1.12. The molecule has 2 atom stereocenters. The maximum atomic E-state index is 13.2. The number of H-pyrrole nitrogens is 1. The van der Waals surface area contributed by atoms with Gasteiger partial charge in [-0.25, -0.2) is 9.97 Å². The molecule has 2 N–H and O–H groups in total. The van der Waals surface area contributed by atoms with Gasteiger partial charge in [0.15, 0.2) is 17.0 Å². The van der Waals surface area contributed by atoms with Crippen LogP contribution in [0.4, 0.5) is 11.5 Å². The summed E-state index contributed by atoms with van der Waals surface area (Å²) in [5.74, 6) is 1.18. The largest absolute Gasteiger partial charge is 0.598 e. The average Bonchev–Trinajstić information content (AvgIpc) is 3.51. The van der Waals surface area contributed by atoms with Crippen LogP contribution in [-0.4, -0.2) is 41.0 Å². The van der Waals surface area contributed by atoms with Crippen LogP contribution in [0.15, 0.2) is 48.8 Å². The van der Waals surface area contributed by atoms with E-state index in [0.717, 1.165) is 85.5 Å². The Morgan fingerprint density at radius 2 is 1.93 bits per heavy atom. The molecule has 4 aromatic rings. The Labute approximate surface area is 238 Å². The van der Waals surface area contributed by atoms with E-state index in [4.69, 9.17) is 9.97 Å². The van der Waals surface area contributed by atoms with Crippen molar-refractivity contribution in [1.82, 2.24) is 29.9 Å². The summed E-state index contributed by atoms with van der Waals surface area (Å²) in [5, 5.41) is 7.82. The highest BCUT2D eigenvalue weighted by Gasteiger charge is 2.50. The molecule has 208 valence electrons. The molecular formula is C31H37N7OS. The number of aryl methyl sites for hydroxylation is 1. The number of rotatable bonds is 4. The molecule has 1 unspecified atom stereocenters. The molecule has 2 aliphatic carbocycles. The Bertz CT molecular complexity index is 1540. The molecule has 1 aromatic carbocycles. The normalized spacial score (nSPS) is 25.2. The van der Waals surface area contributed by atoms with E-state index in [2.05, 4.69) is 55.1 Å². The highest BCUT2D eigenvalue weighted by Crippen LogP contribution is 2.56. The quantitative estimate of drug-likeness (QED) is 0.305. The van der Waals surface area contributed by atoms with Gasteiger partial charge in [-0.2, -0.15) is 5.10 Å². The number of nitrogens with zero attached hydrogens (tertiary/aromatic N) is 5. The van der Waals surface area contributed by atoms with Gasteiger partial charge >= 0.3 is 0 Å². The van der Waals surface area contributed by atoms with E-state index in [0.29, 0.717) is 5.92 Å². The first-order valence-electron chi connectivity index (χ1n) is 14.5. The number of hydrogen-bond acceptors (Lipinski definition) is 7. The third-order valence-corrected chi connectivity index (χ3v) is 10.7. The van der Waals surface area contributed by atoms with E-state index in [9.17, 15) is 4.55 Å². The number of hydrogen-bond donors (Lipinski definition) is 2. The van der Waals surface area contributed by atoms with Crippen molar-refractivity contribution in [2.24, 2.45) is 5.41 Å². The van der Waals surface area contributed by atoms with Crippen molar-refractivity contribution in [2.75, 3.05) is 11.4 Å². The number of anilines is 2. The summed E-state index contributed by atoms with van der Waals surface area (Å²) in [6.07, 6.45) is 11.1. The summed E-state index contributed by atoms with van der Waals surface area (Å²) in [7, 11) is 0. The fraction of sp³-hybridized carbons (Fsp3) is 0.484. The van der Waals surface area contributed by atoms with Crippen LogP contribution >= 0.6 is 0 Å². The van der Waals surface area contributed by atoms with Gasteiger partial charge < -0.3 is 9.45 Å². The van der Waals surface area contributed by atoms with Crippen LogP contribution in [-0.2, 0) is 24.2 Å². The molecule has 8 nitrogen and oxygen atoms in total. The zero-order chi connectivity index (χ0) is 27.5. The SMILES string of the molecule is CC(C)(C)[S@@+]([O-])NC1c2ccccc2C[C@]12CC[C@@H](c1cnc3c(N4CCCc5ncccc54)n[nH]c3n1)CC2. The van der Waals surface area contributed by atoms with Gasteiger partial charge in [0, 0.05) is 36.2 Å². The lowest BCUT2D eigenvalue weighted by Gasteiger charge is -2.42. The number of nitrogens with one attached hydrogen (secondary N) is 2. The monoisotopic (exact) mass is 555 g/mol. The van der Waals surface area contributed by atoms with E-state index < -0.39 is 11.4 Å². The molecule has 1 saturated carbocycles. The molecule has 7 rings (SSSR count). The van der Waals surface area contributed by atoms with Gasteiger partial charge in [0.05, 0.1) is 23.1 Å². The van der Waals surface area contributed by atoms with Crippen LogP contribution in [0.5, 0.6) is 0 Å². The van der Waals surface area contributed by atoms with Crippen molar-refractivity contribution in [2.45, 2.75) is 82.4 Å². The maximum absolute atomic E-state index is 13.2. The molecule has 40 heavy (non-hydrogen) atoms. The smallest absolute Gasteiger partial charge is 0.183 e. The fourth-order valence-electron chi connectivity index (χ4n) is 7.02. The van der Waals surface area contributed by atoms with Gasteiger partial charge in [0.1, 0.15) is 4.75 Å². The first-order chi connectivity index (χ1) is 19.3. The van der Waals surface area contributed by atoms with Crippen molar-refractivity contribution in [3.63, 3.8) is 0 Å². The summed E-state index contributed by atoms with van der Waals surface area (Å²) in [5.41, 5.74) is 7.61. The minimum atomic E-state index is -1.13. The Kier molecular flexibility index (Phi) is 6.36. The van der Waals surface area contributed by atoms with Crippen molar-refractivity contribution < 1.29 is 4.55 Å². The fourth-order valence-corrected chi connectivity index (χ4v) is 7.96. The highest BCUT2D eigenvalue weighted by molar-refractivity contribution is 7.90. The Morgan fingerprint density at radius 3 is 2.75 bits per heavy atom. The third-order valence-electron chi connectivity index (χ3n) is 9.18. The zero-order valence-corrected chi connectivity index (χ0v) is 24.3. The molecule has 9 heteroatoms. The van der Waals surface area contributed by atoms with E-state index in [1.165, 1.54) is 11.1 Å². The number of aromatic amines is 1. The lowest BCUT2D eigenvalue weighted by molar-refractivity contribution is 0.139. The second-order valence-electron chi connectivity index (χ2n) is 12.7. The van der Waals surface area contributed by atoms with E-state index in [-0.39, 0.29) is 16.2 Å². The number of pyridine rings is 1. The predicted molar refractivity (Wildman–Crippen MR) is 159 cm³/mol.